The van der Waals surface area contributed by atoms with E-state index in [1.165, 1.54) is 12.1 Å². The van der Waals surface area contributed by atoms with Crippen molar-refractivity contribution in [3.8, 4) is 0 Å². The van der Waals surface area contributed by atoms with Crippen LogP contribution in [0.15, 0.2) is 33.6 Å². The lowest BCUT2D eigenvalue weighted by Crippen LogP contribution is -2.26. The summed E-state index contributed by atoms with van der Waals surface area (Å²) in [6.45, 7) is 3.78. The molecular weight excluding hydrogens is 306 g/mol. The zero-order valence-corrected chi connectivity index (χ0v) is 13.1. The summed E-state index contributed by atoms with van der Waals surface area (Å²) < 4.78 is 27.5. The summed E-state index contributed by atoms with van der Waals surface area (Å²) >= 11 is 0. The molecule has 118 valence electrons. The van der Waals surface area contributed by atoms with E-state index in [4.69, 9.17) is 9.56 Å². The number of rotatable bonds is 5. The molecule has 1 amide bonds. The third-order valence-corrected chi connectivity index (χ3v) is 3.99. The van der Waals surface area contributed by atoms with Gasteiger partial charge in [-0.15, -0.1) is 0 Å². The molecule has 0 aliphatic heterocycles. The fourth-order valence-electron chi connectivity index (χ4n) is 1.99. The summed E-state index contributed by atoms with van der Waals surface area (Å²) in [5.41, 5.74) is 1.44. The van der Waals surface area contributed by atoms with Crippen LogP contribution in [-0.4, -0.2) is 25.9 Å². The van der Waals surface area contributed by atoms with Crippen molar-refractivity contribution < 1.29 is 17.6 Å². The standard InChI is InChI=1S/C14H17N3O4S/c1-9-13(21-10(2)17-9)14(18)16-8-7-11-3-5-12(6-4-11)22(15,19)20/h3-6H,7-8H2,1-2H3,(H,16,18)(H2,15,19,20). The molecule has 22 heavy (non-hydrogen) atoms. The van der Waals surface area contributed by atoms with Crippen molar-refractivity contribution in [1.29, 1.82) is 0 Å². The molecule has 0 atom stereocenters. The van der Waals surface area contributed by atoms with Gasteiger partial charge in [0.1, 0.15) is 0 Å². The van der Waals surface area contributed by atoms with Gasteiger partial charge in [0.25, 0.3) is 5.91 Å². The molecule has 1 heterocycles. The van der Waals surface area contributed by atoms with Crippen LogP contribution in [0.1, 0.15) is 27.7 Å². The smallest absolute Gasteiger partial charge is 0.289 e. The van der Waals surface area contributed by atoms with E-state index in [0.717, 1.165) is 5.56 Å². The molecule has 3 N–H and O–H groups in total. The Labute approximate surface area is 128 Å². The molecule has 0 aliphatic rings. The van der Waals surface area contributed by atoms with Gasteiger partial charge in [0, 0.05) is 13.5 Å². The summed E-state index contributed by atoms with van der Waals surface area (Å²) in [5.74, 6) is 0.336. The lowest BCUT2D eigenvalue weighted by Gasteiger charge is -2.05. The number of carbonyl (C=O) groups excluding carboxylic acids is 1. The van der Waals surface area contributed by atoms with Crippen molar-refractivity contribution >= 4 is 15.9 Å². The zero-order chi connectivity index (χ0) is 16.3. The maximum Gasteiger partial charge on any atom is 0.289 e. The Kier molecular flexibility index (Phi) is 4.62. The number of hydrogen-bond acceptors (Lipinski definition) is 5. The van der Waals surface area contributed by atoms with E-state index >= 15 is 0 Å². The third-order valence-electron chi connectivity index (χ3n) is 3.06. The fraction of sp³-hybridized carbons (Fsp3) is 0.286. The highest BCUT2D eigenvalue weighted by Gasteiger charge is 2.15. The van der Waals surface area contributed by atoms with Gasteiger partial charge in [-0.25, -0.2) is 18.5 Å². The number of nitrogens with two attached hydrogens (primary N) is 1. The number of primary sulfonamides is 1. The van der Waals surface area contributed by atoms with Gasteiger partial charge in [-0.3, -0.25) is 4.79 Å². The van der Waals surface area contributed by atoms with Crippen LogP contribution in [0, 0.1) is 13.8 Å². The Morgan fingerprint density at radius 2 is 1.91 bits per heavy atom. The van der Waals surface area contributed by atoms with E-state index in [-0.39, 0.29) is 16.6 Å². The second-order valence-corrected chi connectivity index (χ2v) is 6.40. The zero-order valence-electron chi connectivity index (χ0n) is 12.3. The predicted octanol–water partition coefficient (Wildman–Crippen LogP) is 0.911. The number of aromatic nitrogens is 1. The van der Waals surface area contributed by atoms with E-state index < -0.39 is 10.0 Å². The van der Waals surface area contributed by atoms with Crippen LogP contribution in [0.3, 0.4) is 0 Å². The first-order chi connectivity index (χ1) is 10.3. The van der Waals surface area contributed by atoms with Gasteiger partial charge in [-0.05, 0) is 31.0 Å². The number of hydrogen-bond donors (Lipinski definition) is 2. The number of aryl methyl sites for hydroxylation is 2. The van der Waals surface area contributed by atoms with Gasteiger partial charge in [0.05, 0.1) is 10.6 Å². The lowest BCUT2D eigenvalue weighted by molar-refractivity contribution is 0.0924. The Morgan fingerprint density at radius 1 is 1.27 bits per heavy atom. The summed E-state index contributed by atoms with van der Waals surface area (Å²) in [7, 11) is -3.68. The fourth-order valence-corrected chi connectivity index (χ4v) is 2.50. The van der Waals surface area contributed by atoms with E-state index in [0.29, 0.717) is 24.6 Å². The van der Waals surface area contributed by atoms with Crippen LogP contribution in [0.25, 0.3) is 0 Å². The van der Waals surface area contributed by atoms with E-state index in [1.807, 2.05) is 0 Å². The Morgan fingerprint density at radius 3 is 2.41 bits per heavy atom. The van der Waals surface area contributed by atoms with Gasteiger partial charge < -0.3 is 9.73 Å². The first kappa shape index (κ1) is 16.2. The maximum atomic E-state index is 11.9. The Balaban J connectivity index is 1.91. The number of carbonyl (C=O) groups is 1. The van der Waals surface area contributed by atoms with Gasteiger partial charge in [-0.2, -0.15) is 0 Å². The van der Waals surface area contributed by atoms with Crippen LogP contribution in [-0.2, 0) is 16.4 Å². The predicted molar refractivity (Wildman–Crippen MR) is 79.8 cm³/mol. The van der Waals surface area contributed by atoms with Crippen molar-refractivity contribution in [1.82, 2.24) is 10.3 Å². The molecule has 2 aromatic rings. The minimum absolute atomic E-state index is 0.0630. The van der Waals surface area contributed by atoms with Gasteiger partial charge in [0.2, 0.25) is 15.8 Å². The van der Waals surface area contributed by atoms with Crippen molar-refractivity contribution in [2.24, 2.45) is 5.14 Å². The topological polar surface area (TPSA) is 115 Å². The number of sulfonamides is 1. The molecule has 0 aliphatic carbocycles. The number of oxazole rings is 1. The second-order valence-electron chi connectivity index (χ2n) is 4.84. The average Bonchev–Trinajstić information content (AvgIpc) is 2.77. The van der Waals surface area contributed by atoms with Crippen molar-refractivity contribution in [2.75, 3.05) is 6.54 Å². The average molecular weight is 323 g/mol. The lowest BCUT2D eigenvalue weighted by atomic mass is 10.1. The minimum atomic E-state index is -3.68. The molecule has 1 aromatic carbocycles. The van der Waals surface area contributed by atoms with Gasteiger partial charge >= 0.3 is 0 Å². The normalized spacial score (nSPS) is 11.4. The monoisotopic (exact) mass is 323 g/mol. The maximum absolute atomic E-state index is 11.9. The number of nitrogens with one attached hydrogen (secondary N) is 1. The van der Waals surface area contributed by atoms with Crippen LogP contribution in [0.2, 0.25) is 0 Å². The summed E-state index contributed by atoms with van der Waals surface area (Å²) in [5, 5.41) is 7.76. The van der Waals surface area contributed by atoms with Gasteiger partial charge in [-0.1, -0.05) is 12.1 Å². The summed E-state index contributed by atoms with van der Waals surface area (Å²) in [4.78, 5) is 16.0. The van der Waals surface area contributed by atoms with E-state index in [9.17, 15) is 13.2 Å². The molecule has 0 saturated carbocycles. The number of benzene rings is 1. The highest BCUT2D eigenvalue weighted by atomic mass is 32.2. The van der Waals surface area contributed by atoms with Crippen LogP contribution >= 0.6 is 0 Å². The van der Waals surface area contributed by atoms with E-state index in [2.05, 4.69) is 10.3 Å². The molecule has 1 aromatic heterocycles. The second kappa shape index (κ2) is 6.29. The largest absolute Gasteiger partial charge is 0.436 e. The van der Waals surface area contributed by atoms with Crippen molar-refractivity contribution in [2.45, 2.75) is 25.2 Å². The highest BCUT2D eigenvalue weighted by molar-refractivity contribution is 7.89. The SMILES string of the molecule is Cc1nc(C)c(C(=O)NCCc2ccc(S(N)(=O)=O)cc2)o1. The Bertz CT molecular complexity index is 779. The first-order valence-electron chi connectivity index (χ1n) is 6.61. The number of nitrogens with zero attached hydrogens (tertiary/aromatic N) is 1. The van der Waals surface area contributed by atoms with Gasteiger partial charge in [0.15, 0.2) is 5.89 Å². The Hall–Kier alpha value is -2.19. The summed E-state index contributed by atoms with van der Waals surface area (Å²) in [6, 6.07) is 6.21. The molecular formula is C14H17N3O4S. The molecule has 8 heteroatoms. The van der Waals surface area contributed by atoms with Crippen molar-refractivity contribution in [3.63, 3.8) is 0 Å². The van der Waals surface area contributed by atoms with Crippen LogP contribution < -0.4 is 10.5 Å². The quantitative estimate of drug-likeness (QED) is 0.848. The molecule has 2 rings (SSSR count). The molecule has 0 saturated heterocycles. The molecule has 0 bridgehead atoms. The minimum Gasteiger partial charge on any atom is -0.436 e. The van der Waals surface area contributed by atoms with Crippen molar-refractivity contribution in [3.05, 3.63) is 47.2 Å². The molecule has 0 fully saturated rings. The molecule has 0 spiro atoms. The number of amides is 1. The van der Waals surface area contributed by atoms with Crippen LogP contribution in [0.4, 0.5) is 0 Å². The van der Waals surface area contributed by atoms with E-state index in [1.54, 1.807) is 26.0 Å². The highest BCUT2D eigenvalue weighted by Crippen LogP contribution is 2.10. The molecule has 0 radical (unpaired) electrons. The van der Waals surface area contributed by atoms with Crippen LogP contribution in [0.5, 0.6) is 0 Å². The molecule has 0 unspecified atom stereocenters. The summed E-state index contributed by atoms with van der Waals surface area (Å²) in [6.07, 6.45) is 0.558. The first-order valence-corrected chi connectivity index (χ1v) is 8.16. The third kappa shape index (κ3) is 3.92. The molecule has 7 nitrogen and oxygen atoms in total.